The number of carbonyl (C=O) groups excluding carboxylic acids is 3. The molecule has 15 nitrogen and oxygen atoms in total. The van der Waals surface area contributed by atoms with E-state index in [1.165, 1.54) is 42.5 Å². The van der Waals surface area contributed by atoms with Crippen LogP contribution in [0.4, 0.5) is 0 Å². The highest BCUT2D eigenvalue weighted by Gasteiger charge is 2.46. The van der Waals surface area contributed by atoms with Gasteiger partial charge in [0.2, 0.25) is 6.29 Å². The number of rotatable bonds is 11. The maximum atomic E-state index is 12.4. The molecule has 3 rings (SSSR count). The fourth-order valence-electron chi connectivity index (χ4n) is 3.62. The molecule has 44 heavy (non-hydrogen) atoms. The van der Waals surface area contributed by atoms with E-state index >= 15 is 0 Å². The predicted octanol–water partition coefficient (Wildman–Crippen LogP) is -0.410. The fourth-order valence-corrected chi connectivity index (χ4v) is 3.62. The second-order valence-corrected chi connectivity index (χ2v) is 9.38. The lowest BCUT2D eigenvalue weighted by Crippen LogP contribution is -2.59. The zero-order valence-electron chi connectivity index (χ0n) is 22.8. The number of aliphatic hydroxyl groups excluding tert-OH is 4. The number of hydrogen-bond acceptors (Lipinski definition) is 15. The highest BCUT2D eigenvalue weighted by molar-refractivity contribution is 5.89. The normalized spacial score (nSPS) is 22.4. The molecule has 0 bridgehead atoms. The van der Waals surface area contributed by atoms with Crippen LogP contribution >= 0.6 is 0 Å². The summed E-state index contributed by atoms with van der Waals surface area (Å²) in [6, 6.07) is 7.54. The summed E-state index contributed by atoms with van der Waals surface area (Å²) in [4.78, 5) is 36.5. The lowest BCUT2D eigenvalue weighted by Gasteiger charge is -2.39. The maximum Gasteiger partial charge on any atom is 0.336 e. The zero-order chi connectivity index (χ0) is 32.6. The number of aromatic hydroxyl groups is 4. The van der Waals surface area contributed by atoms with Crippen LogP contribution in [0.25, 0.3) is 12.2 Å². The Bertz CT molecular complexity index is 1430. The van der Waals surface area contributed by atoms with Crippen molar-refractivity contribution >= 4 is 30.1 Å². The minimum absolute atomic E-state index is 0.312. The third kappa shape index (κ3) is 9.03. The summed E-state index contributed by atoms with van der Waals surface area (Å²) in [5.74, 6) is -4.71. The van der Waals surface area contributed by atoms with E-state index in [-0.39, 0.29) is 11.5 Å². The van der Waals surface area contributed by atoms with Crippen molar-refractivity contribution in [3.05, 3.63) is 71.8 Å². The maximum absolute atomic E-state index is 12.4. The standard InChI is InChI=1S/C29H30O15/c1-14(21(34)12-41-23(35)8-4-15-2-6-17(30)19(32)10-15)28(40)42-13-22-25(37)26(38)27(39)29(43-22)44-24(36)9-5-16-3-7-18(31)20(33)11-16/h2-11,21-22,25-27,29-34,37-39H,1,12-13H2/t21-,22-,25-,26+,27-,29+/m1/s1. The number of benzene rings is 2. The minimum Gasteiger partial charge on any atom is -0.504 e. The monoisotopic (exact) mass is 618 g/mol. The molecule has 0 aliphatic carbocycles. The lowest BCUT2D eigenvalue weighted by atomic mass is 9.99. The summed E-state index contributed by atoms with van der Waals surface area (Å²) < 4.78 is 20.1. The first-order valence-electron chi connectivity index (χ1n) is 12.8. The Hall–Kier alpha value is -4.93. The first kappa shape index (κ1) is 33.6. The first-order valence-corrected chi connectivity index (χ1v) is 12.8. The lowest BCUT2D eigenvalue weighted by molar-refractivity contribution is -0.291. The average Bonchev–Trinajstić information content (AvgIpc) is 3.00. The van der Waals surface area contributed by atoms with E-state index in [9.17, 15) is 55.2 Å². The number of esters is 3. The summed E-state index contributed by atoms with van der Waals surface area (Å²) in [6.07, 6.45) is -6.19. The Morgan fingerprint density at radius 1 is 0.795 bits per heavy atom. The number of hydrogen-bond donors (Lipinski definition) is 8. The molecular weight excluding hydrogens is 588 g/mol. The van der Waals surface area contributed by atoms with Crippen LogP contribution in [-0.2, 0) is 33.3 Å². The van der Waals surface area contributed by atoms with Crippen molar-refractivity contribution in [3.8, 4) is 23.0 Å². The van der Waals surface area contributed by atoms with Gasteiger partial charge in [0.25, 0.3) is 0 Å². The van der Waals surface area contributed by atoms with Gasteiger partial charge in [0.05, 0.1) is 5.57 Å². The second-order valence-electron chi connectivity index (χ2n) is 9.38. The highest BCUT2D eigenvalue weighted by atomic mass is 16.7. The Labute approximate surface area is 249 Å². The van der Waals surface area contributed by atoms with Gasteiger partial charge in [0, 0.05) is 12.2 Å². The predicted molar refractivity (Wildman–Crippen MR) is 147 cm³/mol. The van der Waals surface area contributed by atoms with Crippen molar-refractivity contribution in [1.82, 2.24) is 0 Å². The SMILES string of the molecule is C=C(C(=O)OC[C@H]1O[C@@H](OC(=O)C=Cc2ccc(O)c(O)c2)[C@H](O)[C@@H](O)[C@@H]1O)[C@H](O)COC(=O)C=Cc1ccc(O)c(O)c1. The van der Waals surface area contributed by atoms with Gasteiger partial charge < -0.3 is 59.8 Å². The molecule has 15 heteroatoms. The van der Waals surface area contributed by atoms with Crippen molar-refractivity contribution in [2.75, 3.05) is 13.2 Å². The largest absolute Gasteiger partial charge is 0.504 e. The van der Waals surface area contributed by atoms with Gasteiger partial charge >= 0.3 is 17.9 Å². The molecule has 0 amide bonds. The zero-order valence-corrected chi connectivity index (χ0v) is 22.8. The topological polar surface area (TPSA) is 250 Å². The van der Waals surface area contributed by atoms with E-state index in [0.29, 0.717) is 11.1 Å². The van der Waals surface area contributed by atoms with Gasteiger partial charge in [-0.1, -0.05) is 18.7 Å². The van der Waals surface area contributed by atoms with Crippen LogP contribution < -0.4 is 0 Å². The van der Waals surface area contributed by atoms with Crippen molar-refractivity contribution < 1.29 is 74.2 Å². The fraction of sp³-hybridized carbons (Fsp3) is 0.276. The van der Waals surface area contributed by atoms with E-state index in [1.807, 2.05) is 0 Å². The Morgan fingerprint density at radius 2 is 1.34 bits per heavy atom. The number of phenolic OH excluding ortho intramolecular Hbond substituents is 4. The molecule has 1 aliphatic heterocycles. The molecule has 1 heterocycles. The first-order chi connectivity index (χ1) is 20.8. The number of aliphatic hydroxyl groups is 4. The third-order valence-corrected chi connectivity index (χ3v) is 6.15. The van der Waals surface area contributed by atoms with E-state index in [0.717, 1.165) is 18.2 Å². The molecule has 0 radical (unpaired) electrons. The molecule has 0 saturated carbocycles. The molecule has 8 N–H and O–H groups in total. The molecule has 2 aromatic carbocycles. The number of carbonyl (C=O) groups is 3. The van der Waals surface area contributed by atoms with Gasteiger partial charge in [-0.2, -0.15) is 0 Å². The Kier molecular flexibility index (Phi) is 11.4. The van der Waals surface area contributed by atoms with Gasteiger partial charge in [0.15, 0.2) is 23.0 Å². The van der Waals surface area contributed by atoms with Crippen molar-refractivity contribution in [3.63, 3.8) is 0 Å². The van der Waals surface area contributed by atoms with Crippen LogP contribution in [0.3, 0.4) is 0 Å². The summed E-state index contributed by atoms with van der Waals surface area (Å²) in [6.45, 7) is 1.94. The van der Waals surface area contributed by atoms with Gasteiger partial charge in [-0.15, -0.1) is 0 Å². The summed E-state index contributed by atoms with van der Waals surface area (Å²) in [5.41, 5.74) is 0.134. The Balaban J connectivity index is 1.49. The molecule has 0 unspecified atom stereocenters. The molecule has 1 fully saturated rings. The van der Waals surface area contributed by atoms with Gasteiger partial charge in [-0.25, -0.2) is 14.4 Å². The second kappa shape index (κ2) is 15.0. The van der Waals surface area contributed by atoms with E-state index in [2.05, 4.69) is 6.58 Å². The molecule has 236 valence electrons. The van der Waals surface area contributed by atoms with Crippen LogP contribution in [0.5, 0.6) is 23.0 Å². The van der Waals surface area contributed by atoms with Crippen LogP contribution in [0.15, 0.2) is 60.7 Å². The molecule has 0 aromatic heterocycles. The Morgan fingerprint density at radius 3 is 1.89 bits per heavy atom. The minimum atomic E-state index is -1.88. The number of ether oxygens (including phenoxy) is 4. The van der Waals surface area contributed by atoms with Gasteiger partial charge in [0.1, 0.15) is 43.7 Å². The smallest absolute Gasteiger partial charge is 0.336 e. The van der Waals surface area contributed by atoms with Gasteiger partial charge in [-0.3, -0.25) is 0 Å². The molecular formula is C29H30O15. The molecule has 6 atom stereocenters. The molecule has 1 saturated heterocycles. The molecule has 2 aromatic rings. The van der Waals surface area contributed by atoms with Crippen molar-refractivity contribution in [1.29, 1.82) is 0 Å². The van der Waals surface area contributed by atoms with E-state index < -0.39 is 85.0 Å². The molecule has 0 spiro atoms. The van der Waals surface area contributed by atoms with E-state index in [4.69, 9.17) is 18.9 Å². The summed E-state index contributed by atoms with van der Waals surface area (Å²) >= 11 is 0. The number of phenols is 4. The third-order valence-electron chi connectivity index (χ3n) is 6.15. The summed E-state index contributed by atoms with van der Waals surface area (Å²) in [7, 11) is 0. The quantitative estimate of drug-likeness (QED) is 0.0690. The average molecular weight is 619 g/mol. The van der Waals surface area contributed by atoms with Crippen molar-refractivity contribution in [2.24, 2.45) is 0 Å². The van der Waals surface area contributed by atoms with Crippen LogP contribution in [0.1, 0.15) is 11.1 Å². The van der Waals surface area contributed by atoms with Gasteiger partial charge in [-0.05, 0) is 47.5 Å². The van der Waals surface area contributed by atoms with E-state index in [1.54, 1.807) is 0 Å². The van der Waals surface area contributed by atoms with Crippen LogP contribution in [-0.4, -0.2) is 109 Å². The highest BCUT2D eigenvalue weighted by Crippen LogP contribution is 2.27. The van der Waals surface area contributed by atoms with Crippen LogP contribution in [0.2, 0.25) is 0 Å². The van der Waals surface area contributed by atoms with Crippen LogP contribution in [0, 0.1) is 0 Å². The molecule has 1 aliphatic rings. The summed E-state index contributed by atoms with van der Waals surface area (Å²) in [5, 5.41) is 78.4. The van der Waals surface area contributed by atoms with Crippen molar-refractivity contribution in [2.45, 2.75) is 36.8 Å².